The largest absolute Gasteiger partial charge is 0.352 e. The third-order valence-corrected chi connectivity index (χ3v) is 5.33. The number of nitrogens with one attached hydrogen (secondary N) is 3. The van der Waals surface area contributed by atoms with Crippen LogP contribution in [0.4, 0.5) is 0 Å². The van der Waals surface area contributed by atoms with Gasteiger partial charge in [0, 0.05) is 13.6 Å². The molecule has 148 valence electrons. The number of rotatable bonds is 7. The third-order valence-electron chi connectivity index (χ3n) is 4.00. The lowest BCUT2D eigenvalue weighted by Gasteiger charge is -2.18. The molecule has 0 aliphatic heterocycles. The second kappa shape index (κ2) is 11.3. The molecule has 2 aromatic rings. The van der Waals surface area contributed by atoms with Crippen molar-refractivity contribution >= 4 is 40.0 Å². The maximum absolute atomic E-state index is 11.7. The van der Waals surface area contributed by atoms with Crippen molar-refractivity contribution in [2.24, 2.45) is 4.99 Å². The van der Waals surface area contributed by atoms with Crippen LogP contribution >= 0.6 is 24.0 Å². The fraction of sp³-hybridized carbons (Fsp3) is 0.316. The molecule has 1 unspecified atom stereocenters. The molecular weight excluding hydrogens is 475 g/mol. The van der Waals surface area contributed by atoms with E-state index >= 15 is 0 Å². The molecule has 0 spiro atoms. The second-order valence-electron chi connectivity index (χ2n) is 5.99. The predicted octanol–water partition coefficient (Wildman–Crippen LogP) is 2.78. The Morgan fingerprint density at radius 3 is 2.37 bits per heavy atom. The molecule has 0 aliphatic carbocycles. The molecular formula is C19H27IN4O2S. The average molecular weight is 502 g/mol. The normalized spacial score (nSPS) is 12.8. The molecule has 8 heteroatoms. The second-order valence-corrected chi connectivity index (χ2v) is 7.91. The summed E-state index contributed by atoms with van der Waals surface area (Å²) in [6, 6.07) is 17.8. The van der Waals surface area contributed by atoms with Gasteiger partial charge in [0.1, 0.15) is 0 Å². The highest BCUT2D eigenvalue weighted by molar-refractivity contribution is 14.0. The Bertz CT molecular complexity index is 842. The first-order chi connectivity index (χ1) is 12.4. The fourth-order valence-electron chi connectivity index (χ4n) is 2.53. The van der Waals surface area contributed by atoms with Gasteiger partial charge in [-0.3, -0.25) is 4.99 Å². The number of hydrogen-bond donors (Lipinski definition) is 3. The molecule has 2 rings (SSSR count). The summed E-state index contributed by atoms with van der Waals surface area (Å²) >= 11 is 0. The molecule has 0 bridgehead atoms. The summed E-state index contributed by atoms with van der Waals surface area (Å²) in [5.41, 5.74) is 2.91. The van der Waals surface area contributed by atoms with Gasteiger partial charge in [0.25, 0.3) is 0 Å². The summed E-state index contributed by atoms with van der Waals surface area (Å²) < 4.78 is 25.7. The van der Waals surface area contributed by atoms with Crippen molar-refractivity contribution in [2.75, 3.05) is 14.1 Å². The van der Waals surface area contributed by atoms with Crippen LogP contribution in [0.2, 0.25) is 0 Å². The monoisotopic (exact) mass is 502 g/mol. The van der Waals surface area contributed by atoms with Crippen LogP contribution in [-0.2, 0) is 22.3 Å². The van der Waals surface area contributed by atoms with Crippen molar-refractivity contribution < 1.29 is 8.42 Å². The van der Waals surface area contributed by atoms with E-state index in [0.29, 0.717) is 12.5 Å². The van der Waals surface area contributed by atoms with E-state index in [0.717, 1.165) is 11.1 Å². The molecule has 0 aromatic heterocycles. The van der Waals surface area contributed by atoms with E-state index in [-0.39, 0.29) is 35.8 Å². The summed E-state index contributed by atoms with van der Waals surface area (Å²) in [5, 5.41) is 6.61. The fourth-order valence-corrected chi connectivity index (χ4v) is 3.29. The van der Waals surface area contributed by atoms with Crippen molar-refractivity contribution in [2.45, 2.75) is 25.3 Å². The lowest BCUT2D eigenvalue weighted by Crippen LogP contribution is -2.38. The smallest absolute Gasteiger partial charge is 0.215 e. The van der Waals surface area contributed by atoms with Gasteiger partial charge in [-0.05, 0) is 30.7 Å². The van der Waals surface area contributed by atoms with Gasteiger partial charge >= 0.3 is 0 Å². The van der Waals surface area contributed by atoms with Gasteiger partial charge in [0.15, 0.2) is 5.96 Å². The first-order valence-electron chi connectivity index (χ1n) is 8.44. The Morgan fingerprint density at radius 2 is 1.74 bits per heavy atom. The first-order valence-corrected chi connectivity index (χ1v) is 10.1. The SMILES string of the molecule is CN=C(NCc1cccc(CS(=O)(=O)NC)c1)NC(C)c1ccccc1.I. The van der Waals surface area contributed by atoms with Crippen LogP contribution in [0.1, 0.15) is 29.7 Å². The Labute approximate surface area is 178 Å². The van der Waals surface area contributed by atoms with Crippen LogP contribution in [0.15, 0.2) is 59.6 Å². The summed E-state index contributed by atoms with van der Waals surface area (Å²) in [6.45, 7) is 2.63. The maximum Gasteiger partial charge on any atom is 0.215 e. The number of halogens is 1. The molecule has 27 heavy (non-hydrogen) atoms. The molecule has 0 heterocycles. The topological polar surface area (TPSA) is 82.6 Å². The molecule has 0 amide bonds. The van der Waals surface area contributed by atoms with E-state index in [1.807, 2.05) is 42.5 Å². The quantitative estimate of drug-likeness (QED) is 0.309. The zero-order chi connectivity index (χ0) is 19.0. The third kappa shape index (κ3) is 7.86. The lowest BCUT2D eigenvalue weighted by molar-refractivity contribution is 0.587. The van der Waals surface area contributed by atoms with Gasteiger partial charge in [-0.2, -0.15) is 0 Å². The van der Waals surface area contributed by atoms with E-state index in [1.54, 1.807) is 7.05 Å². The van der Waals surface area contributed by atoms with Gasteiger partial charge in [0.05, 0.1) is 11.8 Å². The molecule has 0 fully saturated rings. The first kappa shape index (κ1) is 23.4. The van der Waals surface area contributed by atoms with Crippen molar-refractivity contribution in [3.05, 3.63) is 71.3 Å². The molecule has 0 aliphatic rings. The number of hydrogen-bond acceptors (Lipinski definition) is 3. The zero-order valence-corrected chi connectivity index (χ0v) is 18.9. The van der Waals surface area contributed by atoms with E-state index in [2.05, 4.69) is 39.4 Å². The van der Waals surface area contributed by atoms with Crippen molar-refractivity contribution in [1.29, 1.82) is 0 Å². The summed E-state index contributed by atoms with van der Waals surface area (Å²) in [5.74, 6) is 0.657. The lowest BCUT2D eigenvalue weighted by atomic mass is 10.1. The Balaban J connectivity index is 0.00000364. The zero-order valence-electron chi connectivity index (χ0n) is 15.8. The van der Waals surface area contributed by atoms with Gasteiger partial charge in [-0.15, -0.1) is 24.0 Å². The molecule has 0 saturated carbocycles. The molecule has 0 radical (unpaired) electrons. The minimum Gasteiger partial charge on any atom is -0.352 e. The number of benzene rings is 2. The van der Waals surface area contributed by atoms with E-state index in [1.165, 1.54) is 12.6 Å². The Hall–Kier alpha value is -1.65. The molecule has 2 aromatic carbocycles. The predicted molar refractivity (Wildman–Crippen MR) is 122 cm³/mol. The van der Waals surface area contributed by atoms with Crippen LogP contribution in [0.5, 0.6) is 0 Å². The van der Waals surface area contributed by atoms with Crippen molar-refractivity contribution in [3.8, 4) is 0 Å². The van der Waals surface area contributed by atoms with Crippen molar-refractivity contribution in [3.63, 3.8) is 0 Å². The molecule has 6 nitrogen and oxygen atoms in total. The summed E-state index contributed by atoms with van der Waals surface area (Å²) in [6.07, 6.45) is 0. The van der Waals surface area contributed by atoms with E-state index in [4.69, 9.17) is 0 Å². The summed E-state index contributed by atoms with van der Waals surface area (Å²) in [4.78, 5) is 4.25. The highest BCUT2D eigenvalue weighted by atomic mass is 127. The number of sulfonamides is 1. The molecule has 0 saturated heterocycles. The van der Waals surface area contributed by atoms with Crippen LogP contribution < -0.4 is 15.4 Å². The van der Waals surface area contributed by atoms with Gasteiger partial charge < -0.3 is 10.6 Å². The number of guanidine groups is 1. The molecule has 3 N–H and O–H groups in total. The Kier molecular flexibility index (Phi) is 9.75. The van der Waals surface area contributed by atoms with E-state index in [9.17, 15) is 8.42 Å². The number of aliphatic imine (C=N–C) groups is 1. The maximum atomic E-state index is 11.7. The number of nitrogens with zero attached hydrogens (tertiary/aromatic N) is 1. The van der Waals surface area contributed by atoms with Crippen molar-refractivity contribution in [1.82, 2.24) is 15.4 Å². The minimum atomic E-state index is -3.28. The Morgan fingerprint density at radius 1 is 1.07 bits per heavy atom. The average Bonchev–Trinajstić information content (AvgIpc) is 2.65. The molecule has 1 atom stereocenters. The van der Waals surface area contributed by atoms with Crippen LogP contribution in [0, 0.1) is 0 Å². The van der Waals surface area contributed by atoms with Crippen LogP contribution in [0.25, 0.3) is 0 Å². The van der Waals surface area contributed by atoms with Gasteiger partial charge in [-0.25, -0.2) is 13.1 Å². The highest BCUT2D eigenvalue weighted by Crippen LogP contribution is 2.11. The van der Waals surface area contributed by atoms with Crippen LogP contribution in [0.3, 0.4) is 0 Å². The minimum absolute atomic E-state index is 0. The van der Waals surface area contributed by atoms with Crippen LogP contribution in [-0.4, -0.2) is 28.5 Å². The highest BCUT2D eigenvalue weighted by Gasteiger charge is 2.10. The van der Waals surface area contributed by atoms with Gasteiger partial charge in [-0.1, -0.05) is 54.6 Å². The van der Waals surface area contributed by atoms with Gasteiger partial charge in [0.2, 0.25) is 10.0 Å². The summed E-state index contributed by atoms with van der Waals surface area (Å²) in [7, 11) is -0.132. The van der Waals surface area contributed by atoms with E-state index < -0.39 is 10.0 Å². The standard InChI is InChI=1S/C19H26N4O2S.HI/c1-15(18-10-5-4-6-11-18)23-19(20-2)22-13-16-8-7-9-17(12-16)14-26(24,25)21-3;/h4-12,15,21H,13-14H2,1-3H3,(H2,20,22,23);1H.